The molecule has 0 bridgehead atoms. The largest absolute Gasteiger partial charge is 0.481 e. The van der Waals surface area contributed by atoms with E-state index in [0.717, 1.165) is 38.5 Å². The van der Waals surface area contributed by atoms with Gasteiger partial charge in [0.05, 0.1) is 0 Å². The number of unbranched alkanes of at least 4 members (excludes halogenated alkanes) is 5. The number of carbonyl (C=O) groups is 1. The highest BCUT2D eigenvalue weighted by Gasteiger charge is 1.99. The summed E-state index contributed by atoms with van der Waals surface area (Å²) in [6.07, 6.45) is 20.0. The molecule has 0 saturated heterocycles. The lowest BCUT2D eigenvalue weighted by molar-refractivity contribution is -0.264. The molecule has 0 aromatic rings. The van der Waals surface area contributed by atoms with Gasteiger partial charge in [-0.05, 0) is 39.0 Å². The van der Waals surface area contributed by atoms with Gasteiger partial charge >= 0.3 is 5.97 Å². The van der Waals surface area contributed by atoms with Gasteiger partial charge in [-0.25, -0.2) is 4.89 Å². The van der Waals surface area contributed by atoms with E-state index >= 15 is 0 Å². The number of aliphatic carboxylic acids is 1. The summed E-state index contributed by atoms with van der Waals surface area (Å²) < 4.78 is 0. The van der Waals surface area contributed by atoms with Crippen LogP contribution in [0.4, 0.5) is 0 Å². The van der Waals surface area contributed by atoms with Crippen molar-refractivity contribution in [3.63, 3.8) is 0 Å². The van der Waals surface area contributed by atoms with E-state index in [1.165, 1.54) is 6.42 Å². The first-order chi connectivity index (χ1) is 10.7. The molecule has 2 N–H and O–H groups in total. The van der Waals surface area contributed by atoms with E-state index in [0.29, 0.717) is 12.8 Å². The number of allylic oxidation sites excluding steroid dienone is 4. The summed E-state index contributed by atoms with van der Waals surface area (Å²) >= 11 is 0. The minimum atomic E-state index is -0.696. The number of carboxylic acids is 1. The van der Waals surface area contributed by atoms with Gasteiger partial charge in [-0.3, -0.25) is 10.1 Å². The second-order valence-corrected chi connectivity index (χ2v) is 5.28. The maximum Gasteiger partial charge on any atom is 0.303 e. The molecule has 22 heavy (non-hydrogen) atoms. The maximum atomic E-state index is 10.3. The van der Waals surface area contributed by atoms with Crippen LogP contribution < -0.4 is 0 Å². The lowest BCUT2D eigenvalue weighted by Crippen LogP contribution is -2.04. The molecule has 1 unspecified atom stereocenters. The molecular weight excluding hydrogens is 280 g/mol. The van der Waals surface area contributed by atoms with E-state index in [2.05, 4.69) is 23.1 Å². The quantitative estimate of drug-likeness (QED) is 0.202. The first-order valence-electron chi connectivity index (χ1n) is 8.15. The Morgan fingerprint density at radius 2 is 1.73 bits per heavy atom. The Morgan fingerprint density at radius 1 is 1.05 bits per heavy atom. The molecule has 0 aliphatic rings. The molecule has 0 heterocycles. The van der Waals surface area contributed by atoms with Crippen molar-refractivity contribution in [1.82, 2.24) is 0 Å². The highest BCUT2D eigenvalue weighted by molar-refractivity contribution is 5.66. The third-order valence-electron chi connectivity index (χ3n) is 3.28. The summed E-state index contributed by atoms with van der Waals surface area (Å²) in [5.74, 6) is -0.696. The van der Waals surface area contributed by atoms with Crippen LogP contribution in [0.5, 0.6) is 0 Å². The standard InChI is InChI=1S/C18H30O4/c1-2-14-17(22-21)15-12-10-8-6-4-3-5-7-9-11-13-16-18(19)20/h2,4,6,10,12,14,17,21H,3,5,7-9,11,13,15-16H2,1H3,(H,19,20)/b6-4-,12-10-,14-2+. The minimum absolute atomic E-state index is 0.258. The van der Waals surface area contributed by atoms with Gasteiger partial charge < -0.3 is 5.11 Å². The van der Waals surface area contributed by atoms with Crippen molar-refractivity contribution < 1.29 is 20.0 Å². The molecule has 1 atom stereocenters. The first-order valence-corrected chi connectivity index (χ1v) is 8.15. The summed E-state index contributed by atoms with van der Waals surface area (Å²) in [5, 5.41) is 17.1. The Hall–Kier alpha value is -1.39. The average Bonchev–Trinajstić information content (AvgIpc) is 2.50. The van der Waals surface area contributed by atoms with Crippen molar-refractivity contribution >= 4 is 5.97 Å². The van der Waals surface area contributed by atoms with Gasteiger partial charge in [-0.1, -0.05) is 55.7 Å². The summed E-state index contributed by atoms with van der Waals surface area (Å²) in [7, 11) is 0. The monoisotopic (exact) mass is 310 g/mol. The molecule has 4 nitrogen and oxygen atoms in total. The Morgan fingerprint density at radius 3 is 2.41 bits per heavy atom. The SMILES string of the molecule is C/C=C/C(C/C=C\C/C=C\CCCCCCCC(=O)O)OO. The van der Waals surface area contributed by atoms with E-state index in [1.54, 1.807) is 0 Å². The van der Waals surface area contributed by atoms with Crippen LogP contribution >= 0.6 is 0 Å². The van der Waals surface area contributed by atoms with E-state index in [4.69, 9.17) is 10.4 Å². The van der Waals surface area contributed by atoms with Gasteiger partial charge in [-0.15, -0.1) is 0 Å². The minimum Gasteiger partial charge on any atom is -0.481 e. The van der Waals surface area contributed by atoms with Crippen molar-refractivity contribution in [1.29, 1.82) is 0 Å². The van der Waals surface area contributed by atoms with Crippen molar-refractivity contribution in [3.8, 4) is 0 Å². The van der Waals surface area contributed by atoms with Gasteiger partial charge in [0.25, 0.3) is 0 Å². The van der Waals surface area contributed by atoms with Crippen LogP contribution in [0.15, 0.2) is 36.5 Å². The van der Waals surface area contributed by atoms with Crippen LogP contribution in [-0.2, 0) is 9.68 Å². The number of hydrogen-bond donors (Lipinski definition) is 2. The molecule has 0 aliphatic carbocycles. The van der Waals surface area contributed by atoms with Crippen molar-refractivity contribution in [2.75, 3.05) is 0 Å². The van der Waals surface area contributed by atoms with E-state index in [-0.39, 0.29) is 6.10 Å². The Bertz CT molecular complexity index is 345. The Kier molecular flexibility index (Phi) is 15.0. The van der Waals surface area contributed by atoms with Crippen molar-refractivity contribution in [2.24, 2.45) is 0 Å². The van der Waals surface area contributed by atoms with Crippen LogP contribution in [0, 0.1) is 0 Å². The molecule has 0 saturated carbocycles. The summed E-state index contributed by atoms with van der Waals surface area (Å²) in [4.78, 5) is 14.6. The molecule has 126 valence electrons. The van der Waals surface area contributed by atoms with E-state index in [1.807, 2.05) is 25.2 Å². The molecule has 0 amide bonds. The zero-order chi connectivity index (χ0) is 16.5. The number of rotatable bonds is 14. The molecule has 4 heteroatoms. The fourth-order valence-corrected chi connectivity index (χ4v) is 2.06. The van der Waals surface area contributed by atoms with Gasteiger partial charge in [0.2, 0.25) is 0 Å². The molecule has 0 aliphatic heterocycles. The van der Waals surface area contributed by atoms with Crippen LogP contribution in [0.2, 0.25) is 0 Å². The molecule has 0 spiro atoms. The van der Waals surface area contributed by atoms with E-state index in [9.17, 15) is 4.79 Å². The van der Waals surface area contributed by atoms with Crippen molar-refractivity contribution in [3.05, 3.63) is 36.5 Å². The molecular formula is C18H30O4. The molecule has 0 radical (unpaired) electrons. The second kappa shape index (κ2) is 16.0. The fraction of sp³-hybridized carbons (Fsp3) is 0.611. The number of carboxylic acid groups (broad SMARTS) is 1. The summed E-state index contributed by atoms with van der Waals surface area (Å²) in [6.45, 7) is 1.89. The predicted molar refractivity (Wildman–Crippen MR) is 89.8 cm³/mol. The Labute approximate surface area is 134 Å². The highest BCUT2D eigenvalue weighted by atomic mass is 17.1. The molecule has 0 fully saturated rings. The van der Waals surface area contributed by atoms with Gasteiger partial charge in [0.15, 0.2) is 0 Å². The van der Waals surface area contributed by atoms with E-state index < -0.39 is 5.97 Å². The summed E-state index contributed by atoms with van der Waals surface area (Å²) in [6, 6.07) is 0. The third-order valence-corrected chi connectivity index (χ3v) is 3.28. The maximum absolute atomic E-state index is 10.3. The lowest BCUT2D eigenvalue weighted by atomic mass is 10.1. The van der Waals surface area contributed by atoms with Gasteiger partial charge in [0, 0.05) is 6.42 Å². The van der Waals surface area contributed by atoms with Crippen molar-refractivity contribution in [2.45, 2.75) is 70.8 Å². The first kappa shape index (κ1) is 20.6. The molecule has 0 aromatic carbocycles. The fourth-order valence-electron chi connectivity index (χ4n) is 2.06. The topological polar surface area (TPSA) is 66.8 Å². The highest BCUT2D eigenvalue weighted by Crippen LogP contribution is 2.08. The predicted octanol–water partition coefficient (Wildman–Crippen LogP) is 5.13. The molecule has 0 aromatic heterocycles. The Balaban J connectivity index is 3.42. The number of hydrogen-bond acceptors (Lipinski definition) is 3. The zero-order valence-electron chi connectivity index (χ0n) is 13.6. The van der Waals surface area contributed by atoms with Crippen LogP contribution in [0.1, 0.15) is 64.7 Å². The third kappa shape index (κ3) is 15.0. The average molecular weight is 310 g/mol. The van der Waals surface area contributed by atoms with Gasteiger partial charge in [0.1, 0.15) is 6.10 Å². The summed E-state index contributed by atoms with van der Waals surface area (Å²) in [5.41, 5.74) is 0. The zero-order valence-corrected chi connectivity index (χ0v) is 13.6. The van der Waals surface area contributed by atoms with Gasteiger partial charge in [-0.2, -0.15) is 0 Å². The van der Waals surface area contributed by atoms with Crippen LogP contribution in [0.3, 0.4) is 0 Å². The molecule has 0 rings (SSSR count). The normalized spacial score (nSPS) is 13.5. The smallest absolute Gasteiger partial charge is 0.303 e. The lowest BCUT2D eigenvalue weighted by Gasteiger charge is -2.03. The second-order valence-electron chi connectivity index (χ2n) is 5.28. The van der Waals surface area contributed by atoms with Crippen LogP contribution in [-0.4, -0.2) is 22.4 Å². The van der Waals surface area contributed by atoms with Crippen LogP contribution in [0.25, 0.3) is 0 Å².